The Bertz CT molecular complexity index is 686. The number of rotatable bonds is 4. The second-order valence-corrected chi connectivity index (χ2v) is 4.28. The lowest BCUT2D eigenvalue weighted by Gasteiger charge is -2.07. The van der Waals surface area contributed by atoms with Crippen LogP contribution in [0.25, 0.3) is 11.0 Å². The summed E-state index contributed by atoms with van der Waals surface area (Å²) in [6, 6.07) is 5.75. The largest absolute Gasteiger partial charge is 0.497 e. The number of nitrogen functional groups attached to an aromatic ring is 1. The predicted molar refractivity (Wildman–Crippen MR) is 72.9 cm³/mol. The summed E-state index contributed by atoms with van der Waals surface area (Å²) in [5.74, 6) is 1.32. The fourth-order valence-corrected chi connectivity index (χ4v) is 2.12. The molecule has 6 heteroatoms. The van der Waals surface area contributed by atoms with Crippen LogP contribution in [0.5, 0.6) is 5.75 Å². The van der Waals surface area contributed by atoms with Crippen LogP contribution in [0.3, 0.4) is 0 Å². The minimum atomic E-state index is 0.517. The van der Waals surface area contributed by atoms with Crippen molar-refractivity contribution in [2.75, 3.05) is 12.8 Å². The maximum absolute atomic E-state index is 5.97. The van der Waals surface area contributed by atoms with E-state index in [-0.39, 0.29) is 0 Å². The summed E-state index contributed by atoms with van der Waals surface area (Å²) in [6.07, 6.45) is 5.48. The van der Waals surface area contributed by atoms with Crippen LogP contribution in [0.2, 0.25) is 0 Å². The molecule has 19 heavy (non-hydrogen) atoms. The van der Waals surface area contributed by atoms with Gasteiger partial charge in [0.1, 0.15) is 5.75 Å². The van der Waals surface area contributed by atoms with E-state index in [0.717, 1.165) is 29.9 Å². The van der Waals surface area contributed by atoms with E-state index >= 15 is 0 Å². The quantitative estimate of drug-likeness (QED) is 0.769. The van der Waals surface area contributed by atoms with Crippen molar-refractivity contribution in [2.24, 2.45) is 0 Å². The first-order valence-corrected chi connectivity index (χ1v) is 6.03. The van der Waals surface area contributed by atoms with Gasteiger partial charge in [-0.3, -0.25) is 0 Å². The highest BCUT2D eigenvalue weighted by Crippen LogP contribution is 2.23. The van der Waals surface area contributed by atoms with E-state index in [9.17, 15) is 0 Å². The van der Waals surface area contributed by atoms with Crippen LogP contribution in [0.4, 0.5) is 5.95 Å². The van der Waals surface area contributed by atoms with Crippen LogP contribution in [-0.4, -0.2) is 26.2 Å². The first-order valence-electron chi connectivity index (χ1n) is 6.03. The van der Waals surface area contributed by atoms with Crippen molar-refractivity contribution in [3.8, 4) is 5.75 Å². The van der Waals surface area contributed by atoms with Crippen LogP contribution >= 0.6 is 0 Å². The molecule has 0 spiro atoms. The third-order valence-electron chi connectivity index (χ3n) is 3.13. The second kappa shape index (κ2) is 4.64. The number of aryl methyl sites for hydroxylation is 2. The maximum Gasteiger partial charge on any atom is 0.201 e. The summed E-state index contributed by atoms with van der Waals surface area (Å²) >= 11 is 0. The van der Waals surface area contributed by atoms with E-state index < -0.39 is 0 Å². The van der Waals surface area contributed by atoms with Crippen molar-refractivity contribution in [3.63, 3.8) is 0 Å². The molecule has 6 nitrogen and oxygen atoms in total. The Labute approximate surface area is 110 Å². The molecule has 3 aromatic rings. The fourth-order valence-electron chi connectivity index (χ4n) is 2.12. The van der Waals surface area contributed by atoms with E-state index in [2.05, 4.69) is 9.97 Å². The van der Waals surface area contributed by atoms with Gasteiger partial charge in [0.25, 0.3) is 0 Å². The molecule has 0 radical (unpaired) electrons. The van der Waals surface area contributed by atoms with Gasteiger partial charge in [-0.2, -0.15) is 0 Å². The normalized spacial score (nSPS) is 11.0. The summed E-state index contributed by atoms with van der Waals surface area (Å²) in [5.41, 5.74) is 7.83. The molecule has 2 heterocycles. The highest BCUT2D eigenvalue weighted by atomic mass is 16.5. The molecule has 0 fully saturated rings. The highest BCUT2D eigenvalue weighted by molar-refractivity contribution is 5.79. The Morgan fingerprint density at radius 3 is 2.95 bits per heavy atom. The zero-order valence-electron chi connectivity index (χ0n) is 10.7. The smallest absolute Gasteiger partial charge is 0.201 e. The van der Waals surface area contributed by atoms with Crippen molar-refractivity contribution < 1.29 is 4.74 Å². The summed E-state index contributed by atoms with van der Waals surface area (Å²) < 4.78 is 9.23. The zero-order valence-corrected chi connectivity index (χ0v) is 10.7. The van der Waals surface area contributed by atoms with Crippen LogP contribution in [0.15, 0.2) is 36.9 Å². The van der Waals surface area contributed by atoms with Crippen molar-refractivity contribution in [1.82, 2.24) is 19.1 Å². The van der Waals surface area contributed by atoms with Gasteiger partial charge in [-0.15, -0.1) is 0 Å². The Morgan fingerprint density at radius 2 is 2.21 bits per heavy atom. The molecule has 0 saturated heterocycles. The standard InChI is InChI=1S/C13H15N5O/c1-19-10-2-3-11-12(8-10)18(13(14)16-11)7-6-17-5-4-15-9-17/h2-5,8-9H,6-7H2,1H3,(H2,14,16). The molecule has 2 N–H and O–H groups in total. The number of methoxy groups -OCH3 is 1. The molecule has 0 saturated carbocycles. The van der Waals surface area contributed by atoms with Gasteiger partial charge in [0.05, 0.1) is 24.5 Å². The van der Waals surface area contributed by atoms with Crippen molar-refractivity contribution in [3.05, 3.63) is 36.9 Å². The molecule has 0 aliphatic carbocycles. The number of nitrogens with two attached hydrogens (primary N) is 1. The number of hydrogen-bond acceptors (Lipinski definition) is 4. The molecule has 3 rings (SSSR count). The van der Waals surface area contributed by atoms with Crippen molar-refractivity contribution >= 4 is 17.0 Å². The zero-order chi connectivity index (χ0) is 13.2. The molecular formula is C13H15N5O. The van der Waals surface area contributed by atoms with Gasteiger partial charge < -0.3 is 19.6 Å². The third kappa shape index (κ3) is 2.12. The Morgan fingerprint density at radius 1 is 1.32 bits per heavy atom. The van der Waals surface area contributed by atoms with Gasteiger partial charge in [-0.25, -0.2) is 9.97 Å². The molecular weight excluding hydrogens is 242 g/mol. The Kier molecular flexibility index (Phi) is 2.83. The lowest BCUT2D eigenvalue weighted by molar-refractivity contribution is 0.415. The van der Waals surface area contributed by atoms with Crippen LogP contribution < -0.4 is 10.5 Å². The average Bonchev–Trinajstić information content (AvgIpc) is 3.03. The third-order valence-corrected chi connectivity index (χ3v) is 3.13. The minimum absolute atomic E-state index is 0.517. The van der Waals surface area contributed by atoms with Gasteiger partial charge in [-0.1, -0.05) is 0 Å². The van der Waals surface area contributed by atoms with Gasteiger partial charge in [0, 0.05) is 31.5 Å². The number of aromatic nitrogens is 4. The van der Waals surface area contributed by atoms with Gasteiger partial charge in [-0.05, 0) is 12.1 Å². The molecule has 0 bridgehead atoms. The van der Waals surface area contributed by atoms with Gasteiger partial charge in [0.15, 0.2) is 0 Å². The molecule has 1 aromatic carbocycles. The second-order valence-electron chi connectivity index (χ2n) is 4.28. The predicted octanol–water partition coefficient (Wildman–Crippen LogP) is 1.52. The first kappa shape index (κ1) is 11.6. The van der Waals surface area contributed by atoms with Crippen LogP contribution in [0, 0.1) is 0 Å². The molecule has 0 aliphatic heterocycles. The number of nitrogens with zero attached hydrogens (tertiary/aromatic N) is 4. The number of imidazole rings is 2. The molecule has 0 aliphatic rings. The van der Waals surface area contributed by atoms with E-state index in [1.807, 2.05) is 33.5 Å². The number of anilines is 1. The SMILES string of the molecule is COc1ccc2nc(N)n(CCn3ccnc3)c2c1. The maximum atomic E-state index is 5.97. The van der Waals surface area contributed by atoms with Crippen molar-refractivity contribution in [1.29, 1.82) is 0 Å². The summed E-state index contributed by atoms with van der Waals surface area (Å²) in [6.45, 7) is 1.54. The number of fused-ring (bicyclic) bond motifs is 1. The van der Waals surface area contributed by atoms with Gasteiger partial charge >= 0.3 is 0 Å². The Balaban J connectivity index is 1.94. The highest BCUT2D eigenvalue weighted by Gasteiger charge is 2.09. The lowest BCUT2D eigenvalue weighted by atomic mass is 10.3. The topological polar surface area (TPSA) is 70.9 Å². The van der Waals surface area contributed by atoms with Gasteiger partial charge in [0.2, 0.25) is 5.95 Å². The van der Waals surface area contributed by atoms with E-state index in [4.69, 9.17) is 10.5 Å². The van der Waals surface area contributed by atoms with E-state index in [1.54, 1.807) is 19.6 Å². The molecule has 0 unspecified atom stereocenters. The number of hydrogen-bond donors (Lipinski definition) is 1. The summed E-state index contributed by atoms with van der Waals surface area (Å²) in [5, 5.41) is 0. The minimum Gasteiger partial charge on any atom is -0.497 e. The average molecular weight is 257 g/mol. The molecule has 98 valence electrons. The monoisotopic (exact) mass is 257 g/mol. The lowest BCUT2D eigenvalue weighted by Crippen LogP contribution is -2.08. The molecule has 0 amide bonds. The summed E-state index contributed by atoms with van der Waals surface area (Å²) in [4.78, 5) is 8.37. The first-order chi connectivity index (χ1) is 9.28. The molecule has 2 aromatic heterocycles. The fraction of sp³-hybridized carbons (Fsp3) is 0.231. The van der Waals surface area contributed by atoms with Crippen LogP contribution in [0.1, 0.15) is 0 Å². The van der Waals surface area contributed by atoms with E-state index in [0.29, 0.717) is 5.95 Å². The van der Waals surface area contributed by atoms with E-state index in [1.165, 1.54) is 0 Å². The number of ether oxygens (including phenoxy) is 1. The Hall–Kier alpha value is -2.50. The van der Waals surface area contributed by atoms with Crippen LogP contribution in [-0.2, 0) is 13.1 Å². The number of benzene rings is 1. The summed E-state index contributed by atoms with van der Waals surface area (Å²) in [7, 11) is 1.65. The van der Waals surface area contributed by atoms with Crippen molar-refractivity contribution in [2.45, 2.75) is 13.1 Å². The molecule has 0 atom stereocenters.